The fraction of sp³-hybridized carbons (Fsp3) is 0.0476. The molecule has 28 heavy (non-hydrogen) atoms. The van der Waals surface area contributed by atoms with Crippen LogP contribution in [0.1, 0.15) is 11.1 Å². The van der Waals surface area contributed by atoms with Gasteiger partial charge in [0, 0.05) is 5.56 Å². The van der Waals surface area contributed by atoms with E-state index in [2.05, 4.69) is 33.3 Å². The maximum Gasteiger partial charge on any atom is 0.206 e. The lowest BCUT2D eigenvalue weighted by molar-refractivity contribution is 0.625. The first-order valence-corrected chi connectivity index (χ1v) is 9.59. The predicted octanol–water partition coefficient (Wildman–Crippen LogP) is 5.71. The van der Waals surface area contributed by atoms with E-state index in [0.717, 1.165) is 16.1 Å². The molecule has 0 radical (unpaired) electrons. The van der Waals surface area contributed by atoms with Crippen molar-refractivity contribution >= 4 is 54.1 Å². The van der Waals surface area contributed by atoms with Crippen LogP contribution in [-0.4, -0.2) is 19.2 Å². The van der Waals surface area contributed by atoms with Crippen molar-refractivity contribution < 1.29 is 4.39 Å². The van der Waals surface area contributed by atoms with Crippen LogP contribution >= 0.6 is 23.5 Å². The molecule has 0 bridgehead atoms. The molecular formula is C21H18ClFN4S. The van der Waals surface area contributed by atoms with E-state index in [4.69, 9.17) is 11.6 Å². The summed E-state index contributed by atoms with van der Waals surface area (Å²) in [5.41, 5.74) is 2.88. The van der Waals surface area contributed by atoms with E-state index in [-0.39, 0.29) is 12.4 Å². The number of para-hydroxylation sites is 1. The molecule has 1 heterocycles. The van der Waals surface area contributed by atoms with Gasteiger partial charge in [-0.1, -0.05) is 60.7 Å². The number of hydrogen-bond donors (Lipinski definition) is 2. The molecule has 0 aliphatic carbocycles. The number of allylic oxidation sites excluding steroid dienone is 2. The lowest BCUT2D eigenvalue weighted by atomic mass is 10.1. The van der Waals surface area contributed by atoms with Gasteiger partial charge in [-0.05, 0) is 42.4 Å². The third-order valence-corrected chi connectivity index (χ3v) is 5.17. The Morgan fingerprint density at radius 2 is 1.89 bits per heavy atom. The molecule has 7 heteroatoms. The summed E-state index contributed by atoms with van der Waals surface area (Å²) in [6, 6.07) is 12.5. The molecule has 0 saturated carbocycles. The zero-order valence-electron chi connectivity index (χ0n) is 15.0. The number of aliphatic imine (C=N–C) groups is 2. The Bertz CT molecular complexity index is 998. The molecule has 0 spiro atoms. The molecule has 0 saturated heterocycles. The Morgan fingerprint density at radius 3 is 2.64 bits per heavy atom. The van der Waals surface area contributed by atoms with Crippen molar-refractivity contribution in [1.82, 2.24) is 4.72 Å². The first kappa shape index (κ1) is 19.9. The van der Waals surface area contributed by atoms with Gasteiger partial charge in [0.05, 0.1) is 27.9 Å². The summed E-state index contributed by atoms with van der Waals surface area (Å²) < 4.78 is 17.0. The van der Waals surface area contributed by atoms with Gasteiger partial charge < -0.3 is 5.32 Å². The summed E-state index contributed by atoms with van der Waals surface area (Å²) in [5, 5.41) is 3.69. The average molecular weight is 413 g/mol. The van der Waals surface area contributed by atoms with Gasteiger partial charge >= 0.3 is 0 Å². The molecule has 2 N–H and O–H groups in total. The van der Waals surface area contributed by atoms with E-state index >= 15 is 0 Å². The van der Waals surface area contributed by atoms with Gasteiger partial charge in [0.2, 0.25) is 5.96 Å². The topological polar surface area (TPSA) is 48.8 Å². The van der Waals surface area contributed by atoms with Crippen molar-refractivity contribution in [3.63, 3.8) is 0 Å². The Morgan fingerprint density at radius 1 is 1.14 bits per heavy atom. The standard InChI is InChI=1S/C21H18ClFN4S/c1-3-16(22)18(24-2)13-25-21-26-20-15(8-6-10-19(20)28-27-21)12-11-14-7-4-5-9-17(14)23/h3-12H,1-2,13H2,(H2,25,26,27)/b12-11+,18-16+. The van der Waals surface area contributed by atoms with Crippen LogP contribution in [0.25, 0.3) is 12.2 Å². The van der Waals surface area contributed by atoms with E-state index in [0.29, 0.717) is 22.3 Å². The van der Waals surface area contributed by atoms with Crippen LogP contribution in [0.2, 0.25) is 0 Å². The summed E-state index contributed by atoms with van der Waals surface area (Å²) >= 11 is 7.48. The summed E-state index contributed by atoms with van der Waals surface area (Å²) in [5.74, 6) is 0.309. The second kappa shape index (κ2) is 9.39. The zero-order valence-corrected chi connectivity index (χ0v) is 16.5. The minimum atomic E-state index is -0.259. The third kappa shape index (κ3) is 4.71. The normalized spacial score (nSPS) is 15.4. The average Bonchev–Trinajstić information content (AvgIpc) is 2.73. The van der Waals surface area contributed by atoms with Gasteiger partial charge in [0.1, 0.15) is 5.82 Å². The first-order valence-electron chi connectivity index (χ1n) is 8.40. The van der Waals surface area contributed by atoms with Crippen molar-refractivity contribution in [3.05, 3.63) is 82.8 Å². The minimum absolute atomic E-state index is 0.257. The molecule has 0 unspecified atom stereocenters. The summed E-state index contributed by atoms with van der Waals surface area (Å²) in [4.78, 5) is 9.36. The van der Waals surface area contributed by atoms with E-state index in [9.17, 15) is 4.39 Å². The fourth-order valence-corrected chi connectivity index (χ4v) is 3.35. The smallest absolute Gasteiger partial charge is 0.206 e. The number of nitrogens with zero attached hydrogens (tertiary/aromatic N) is 2. The molecule has 1 aliphatic heterocycles. The SMILES string of the molecule is C=C/C(Cl)=C(/CN=C1NSc2cccc(/C=C/c3ccccc3F)c2N1)N=C. The zero-order chi connectivity index (χ0) is 19.9. The summed E-state index contributed by atoms with van der Waals surface area (Å²) in [6.07, 6.45) is 5.13. The Balaban J connectivity index is 1.84. The second-order valence-corrected chi connectivity index (χ2v) is 6.98. The lowest BCUT2D eigenvalue weighted by Gasteiger charge is -2.22. The van der Waals surface area contributed by atoms with Crippen molar-refractivity contribution in [1.29, 1.82) is 0 Å². The van der Waals surface area contributed by atoms with Gasteiger partial charge in [-0.3, -0.25) is 9.71 Å². The largest absolute Gasteiger partial charge is 0.324 e. The Labute approximate surface area is 172 Å². The van der Waals surface area contributed by atoms with Gasteiger partial charge in [-0.25, -0.2) is 9.38 Å². The van der Waals surface area contributed by atoms with Crippen molar-refractivity contribution in [2.24, 2.45) is 9.98 Å². The van der Waals surface area contributed by atoms with Crippen LogP contribution in [0.4, 0.5) is 10.1 Å². The molecule has 1 aliphatic rings. The highest BCUT2D eigenvalue weighted by molar-refractivity contribution is 7.98. The number of nitrogens with one attached hydrogen (secondary N) is 2. The van der Waals surface area contributed by atoms with Gasteiger partial charge in [0.15, 0.2) is 0 Å². The Kier molecular flexibility index (Phi) is 6.68. The molecule has 3 rings (SSSR count). The molecule has 0 amide bonds. The molecule has 4 nitrogen and oxygen atoms in total. The maximum atomic E-state index is 13.9. The molecule has 0 aromatic heterocycles. The van der Waals surface area contributed by atoms with E-state index in [1.54, 1.807) is 24.3 Å². The molecule has 142 valence electrons. The van der Waals surface area contributed by atoms with Crippen LogP contribution in [0.3, 0.4) is 0 Å². The number of guanidine groups is 1. The van der Waals surface area contributed by atoms with Crippen molar-refractivity contribution in [3.8, 4) is 0 Å². The molecule has 2 aromatic carbocycles. The molecule has 2 aromatic rings. The molecular weight excluding hydrogens is 395 g/mol. The number of halogens is 2. The van der Waals surface area contributed by atoms with Gasteiger partial charge in [-0.15, -0.1) is 0 Å². The van der Waals surface area contributed by atoms with Crippen LogP contribution in [0.15, 0.2) is 80.7 Å². The van der Waals surface area contributed by atoms with E-state index in [1.807, 2.05) is 24.3 Å². The highest BCUT2D eigenvalue weighted by atomic mass is 35.5. The Hall–Kier alpha value is -2.83. The summed E-state index contributed by atoms with van der Waals surface area (Å²) in [7, 11) is 0. The van der Waals surface area contributed by atoms with Crippen molar-refractivity contribution in [2.45, 2.75) is 4.90 Å². The second-order valence-electron chi connectivity index (χ2n) is 5.73. The van der Waals surface area contributed by atoms with E-state index < -0.39 is 0 Å². The highest BCUT2D eigenvalue weighted by Crippen LogP contribution is 2.33. The first-order chi connectivity index (χ1) is 13.6. The third-order valence-electron chi connectivity index (χ3n) is 3.94. The number of benzene rings is 2. The number of hydrogen-bond acceptors (Lipinski definition) is 3. The monoisotopic (exact) mass is 412 g/mol. The van der Waals surface area contributed by atoms with Gasteiger partial charge in [-0.2, -0.15) is 0 Å². The lowest BCUT2D eigenvalue weighted by Crippen LogP contribution is -2.30. The van der Waals surface area contributed by atoms with Crippen LogP contribution in [0, 0.1) is 5.82 Å². The maximum absolute atomic E-state index is 13.9. The quantitative estimate of drug-likeness (QED) is 0.276. The number of rotatable bonds is 6. The molecule has 0 atom stereocenters. The van der Waals surface area contributed by atoms with Crippen LogP contribution in [0.5, 0.6) is 0 Å². The fourth-order valence-electron chi connectivity index (χ4n) is 2.49. The predicted molar refractivity (Wildman–Crippen MR) is 119 cm³/mol. The molecule has 0 fully saturated rings. The van der Waals surface area contributed by atoms with E-state index in [1.165, 1.54) is 24.1 Å². The summed E-state index contributed by atoms with van der Waals surface area (Å²) in [6.45, 7) is 7.39. The van der Waals surface area contributed by atoms with Crippen LogP contribution < -0.4 is 10.0 Å². The number of fused-ring (bicyclic) bond motifs is 1. The highest BCUT2D eigenvalue weighted by Gasteiger charge is 2.16. The van der Waals surface area contributed by atoms with Crippen molar-refractivity contribution in [2.75, 3.05) is 11.9 Å². The van der Waals surface area contributed by atoms with Crippen LogP contribution in [-0.2, 0) is 0 Å². The van der Waals surface area contributed by atoms with Gasteiger partial charge in [0.25, 0.3) is 0 Å². The minimum Gasteiger partial charge on any atom is -0.324 e. The number of anilines is 1.